The number of halogens is 2. The van der Waals surface area contributed by atoms with Crippen molar-refractivity contribution in [3.63, 3.8) is 0 Å². The largest absolute Gasteiger partial charge is 0.488 e. The van der Waals surface area contributed by atoms with Crippen LogP contribution in [-0.2, 0) is 0 Å². The highest BCUT2D eigenvalue weighted by atomic mass is 35.5. The van der Waals surface area contributed by atoms with Gasteiger partial charge in [0.05, 0.1) is 28.0 Å². The molecule has 6 nitrogen and oxygen atoms in total. The van der Waals surface area contributed by atoms with Crippen LogP contribution in [0.15, 0.2) is 42.7 Å². The third-order valence-corrected chi connectivity index (χ3v) is 4.91. The average Bonchev–Trinajstić information content (AvgIpc) is 2.65. The van der Waals surface area contributed by atoms with Gasteiger partial charge in [0.25, 0.3) is 0 Å². The molecule has 1 aromatic carbocycles. The maximum atomic E-state index is 13.5. The van der Waals surface area contributed by atoms with E-state index >= 15 is 0 Å². The van der Waals surface area contributed by atoms with Crippen molar-refractivity contribution in [1.29, 1.82) is 0 Å². The molecule has 0 fully saturated rings. The summed E-state index contributed by atoms with van der Waals surface area (Å²) < 4.78 is 19.3. The van der Waals surface area contributed by atoms with Crippen molar-refractivity contribution < 1.29 is 19.0 Å². The lowest BCUT2D eigenvalue weighted by molar-refractivity contribution is 0.143. The van der Waals surface area contributed by atoms with Gasteiger partial charge in [0, 0.05) is 23.2 Å². The van der Waals surface area contributed by atoms with Crippen molar-refractivity contribution in [2.75, 3.05) is 6.61 Å². The van der Waals surface area contributed by atoms with Gasteiger partial charge in [0.15, 0.2) is 5.75 Å². The Kier molecular flexibility index (Phi) is 6.41. The second-order valence-electron chi connectivity index (χ2n) is 7.90. The second-order valence-corrected chi connectivity index (χ2v) is 8.30. The Hall–Kier alpha value is -2.93. The lowest BCUT2D eigenvalue weighted by Crippen LogP contribution is -2.50. The number of nitrogens with one attached hydrogen (secondary N) is 1. The number of nitrogens with zero attached hydrogens (tertiary/aromatic N) is 2. The summed E-state index contributed by atoms with van der Waals surface area (Å²) in [6, 6.07) is 7.85. The van der Waals surface area contributed by atoms with Crippen LogP contribution in [0.4, 0.5) is 9.18 Å². The van der Waals surface area contributed by atoms with Crippen molar-refractivity contribution in [3.05, 3.63) is 53.6 Å². The van der Waals surface area contributed by atoms with Gasteiger partial charge in [-0.15, -0.1) is 0 Å². The number of carbonyl (C=O) groups is 1. The number of fused-ring (bicyclic) bond motifs is 1. The molecule has 0 spiro atoms. The highest BCUT2D eigenvalue weighted by Crippen LogP contribution is 2.32. The minimum absolute atomic E-state index is 0.107. The van der Waals surface area contributed by atoms with E-state index in [-0.39, 0.29) is 18.3 Å². The molecule has 2 aromatic heterocycles. The molecule has 2 N–H and O–H groups in total. The highest BCUT2D eigenvalue weighted by Gasteiger charge is 2.29. The van der Waals surface area contributed by atoms with Gasteiger partial charge < -0.3 is 15.2 Å². The molecule has 3 rings (SSSR count). The molecule has 2 heterocycles. The first-order valence-electron chi connectivity index (χ1n) is 9.51. The van der Waals surface area contributed by atoms with E-state index in [1.807, 2.05) is 13.8 Å². The van der Waals surface area contributed by atoms with E-state index in [9.17, 15) is 9.18 Å². The Morgan fingerprint density at radius 1 is 1.30 bits per heavy atom. The number of amides is 1. The van der Waals surface area contributed by atoms with Crippen LogP contribution in [0.5, 0.6) is 5.75 Å². The number of benzene rings is 1. The zero-order valence-corrected chi connectivity index (χ0v) is 17.7. The van der Waals surface area contributed by atoms with Gasteiger partial charge in [-0.25, -0.2) is 9.18 Å². The second kappa shape index (κ2) is 8.83. The topological polar surface area (TPSA) is 84.3 Å². The van der Waals surface area contributed by atoms with Crippen LogP contribution in [0.2, 0.25) is 5.02 Å². The summed E-state index contributed by atoms with van der Waals surface area (Å²) >= 11 is 6.42. The molecule has 3 aromatic rings. The minimum atomic E-state index is -1.11. The molecule has 8 heteroatoms. The molecule has 158 valence electrons. The van der Waals surface area contributed by atoms with Gasteiger partial charge in [-0.05, 0) is 43.5 Å². The number of carboxylic acid groups (broad SMARTS) is 1. The SMILES string of the molecule is CC(C)CC(C)(COc1cnc(-c2ccnc3cc(F)ccc23)cc1Cl)NC(=O)O. The predicted octanol–water partition coefficient (Wildman–Crippen LogP) is 5.54. The monoisotopic (exact) mass is 431 g/mol. The quantitative estimate of drug-likeness (QED) is 0.513. The number of ether oxygens (including phenoxy) is 1. The Morgan fingerprint density at radius 2 is 2.07 bits per heavy atom. The molecule has 1 amide bonds. The summed E-state index contributed by atoms with van der Waals surface area (Å²) in [7, 11) is 0. The van der Waals surface area contributed by atoms with Crippen LogP contribution in [0.3, 0.4) is 0 Å². The van der Waals surface area contributed by atoms with Crippen molar-refractivity contribution in [2.24, 2.45) is 5.92 Å². The molecule has 1 unspecified atom stereocenters. The van der Waals surface area contributed by atoms with Crippen LogP contribution >= 0.6 is 11.6 Å². The summed E-state index contributed by atoms with van der Waals surface area (Å²) in [5.74, 6) is 0.263. The van der Waals surface area contributed by atoms with Gasteiger partial charge in [-0.2, -0.15) is 0 Å². The van der Waals surface area contributed by atoms with E-state index in [1.54, 1.807) is 31.3 Å². The molecule has 1 atom stereocenters. The summed E-state index contributed by atoms with van der Waals surface area (Å²) in [5.41, 5.74) is 1.12. The first-order valence-corrected chi connectivity index (χ1v) is 9.89. The normalized spacial score (nSPS) is 13.3. The van der Waals surface area contributed by atoms with E-state index < -0.39 is 11.6 Å². The molecule has 0 aliphatic rings. The third kappa shape index (κ3) is 5.16. The fraction of sp³-hybridized carbons (Fsp3) is 0.318. The van der Waals surface area contributed by atoms with E-state index in [4.69, 9.17) is 21.4 Å². The smallest absolute Gasteiger partial charge is 0.405 e. The van der Waals surface area contributed by atoms with Crippen molar-refractivity contribution in [3.8, 4) is 17.0 Å². The fourth-order valence-corrected chi connectivity index (χ4v) is 3.77. The zero-order valence-electron chi connectivity index (χ0n) is 16.9. The molecule has 0 saturated heterocycles. The lowest BCUT2D eigenvalue weighted by Gasteiger charge is -2.31. The van der Waals surface area contributed by atoms with Crippen LogP contribution < -0.4 is 10.1 Å². The van der Waals surface area contributed by atoms with E-state index in [0.29, 0.717) is 28.4 Å². The Balaban J connectivity index is 1.85. The van der Waals surface area contributed by atoms with Gasteiger partial charge in [0.2, 0.25) is 0 Å². The summed E-state index contributed by atoms with van der Waals surface area (Å²) in [6.45, 7) is 5.92. The Bertz CT molecular complexity index is 1080. The van der Waals surface area contributed by atoms with Gasteiger partial charge in [0.1, 0.15) is 12.4 Å². The average molecular weight is 432 g/mol. The molecular weight excluding hydrogens is 409 g/mol. The molecule has 0 aliphatic heterocycles. The van der Waals surface area contributed by atoms with Crippen molar-refractivity contribution in [1.82, 2.24) is 15.3 Å². The number of aromatic nitrogens is 2. The van der Waals surface area contributed by atoms with Crippen LogP contribution in [0, 0.1) is 11.7 Å². The Morgan fingerprint density at radius 3 is 2.73 bits per heavy atom. The molecular formula is C22H23ClFN3O3. The molecule has 0 bridgehead atoms. The predicted molar refractivity (Wildman–Crippen MR) is 114 cm³/mol. The zero-order chi connectivity index (χ0) is 21.9. The lowest BCUT2D eigenvalue weighted by atomic mass is 9.91. The van der Waals surface area contributed by atoms with Crippen molar-refractivity contribution in [2.45, 2.75) is 32.7 Å². The maximum absolute atomic E-state index is 13.5. The number of rotatable bonds is 7. The molecule has 0 aliphatic carbocycles. The van der Waals surface area contributed by atoms with E-state index in [1.165, 1.54) is 18.3 Å². The van der Waals surface area contributed by atoms with E-state index in [2.05, 4.69) is 15.3 Å². The summed E-state index contributed by atoms with van der Waals surface area (Å²) in [5, 5.41) is 12.8. The van der Waals surface area contributed by atoms with E-state index in [0.717, 1.165) is 10.9 Å². The number of hydrogen-bond donors (Lipinski definition) is 2. The van der Waals surface area contributed by atoms with Gasteiger partial charge >= 0.3 is 6.09 Å². The molecule has 30 heavy (non-hydrogen) atoms. The summed E-state index contributed by atoms with van der Waals surface area (Å²) in [6.07, 6.45) is 2.58. The maximum Gasteiger partial charge on any atom is 0.405 e. The molecule has 0 radical (unpaired) electrons. The standard InChI is InChI=1S/C22H23ClFN3O3/c1-13(2)10-22(3,27-21(28)29)12-30-20-11-26-19(9-17(20)23)16-6-7-25-18-8-14(24)4-5-15(16)18/h4-9,11,13,27H,10,12H2,1-3H3,(H,28,29). The fourth-order valence-electron chi connectivity index (χ4n) is 3.56. The molecule has 0 saturated carbocycles. The number of hydrogen-bond acceptors (Lipinski definition) is 4. The van der Waals surface area contributed by atoms with Gasteiger partial charge in [-0.3, -0.25) is 9.97 Å². The van der Waals surface area contributed by atoms with Crippen LogP contribution in [-0.4, -0.2) is 33.3 Å². The third-order valence-electron chi connectivity index (χ3n) is 4.61. The Labute approximate surface area is 179 Å². The summed E-state index contributed by atoms with van der Waals surface area (Å²) in [4.78, 5) is 19.8. The first kappa shape index (κ1) is 21.8. The van der Waals surface area contributed by atoms with Crippen LogP contribution in [0.25, 0.3) is 22.2 Å². The minimum Gasteiger partial charge on any atom is -0.488 e. The van der Waals surface area contributed by atoms with Crippen molar-refractivity contribution >= 4 is 28.6 Å². The number of pyridine rings is 2. The first-order chi connectivity index (χ1) is 14.2. The van der Waals surface area contributed by atoms with Crippen LogP contribution in [0.1, 0.15) is 27.2 Å². The van der Waals surface area contributed by atoms with Gasteiger partial charge in [-0.1, -0.05) is 25.4 Å². The highest BCUT2D eigenvalue weighted by molar-refractivity contribution is 6.32.